The third-order valence-electron chi connectivity index (χ3n) is 2.55. The first kappa shape index (κ1) is 14.3. The molecule has 1 aromatic carbocycles. The fourth-order valence-corrected chi connectivity index (χ4v) is 2.10. The molecule has 0 atom stereocenters. The Bertz CT molecular complexity index is 708. The van der Waals surface area contributed by atoms with E-state index >= 15 is 0 Å². The molecule has 0 saturated carbocycles. The summed E-state index contributed by atoms with van der Waals surface area (Å²) in [5.41, 5.74) is -0.589. The third-order valence-corrected chi connectivity index (χ3v) is 3.16. The van der Waals surface area contributed by atoms with Gasteiger partial charge in [-0.05, 0) is 45.8 Å². The molecule has 0 bridgehead atoms. The molecular weight excluding hydrogens is 337 g/mol. The second-order valence-corrected chi connectivity index (χ2v) is 4.75. The topological polar surface area (TPSA) is 56.9 Å². The van der Waals surface area contributed by atoms with Crippen molar-refractivity contribution in [3.05, 3.63) is 46.2 Å². The van der Waals surface area contributed by atoms with E-state index in [1.54, 1.807) is 0 Å². The first-order valence-electron chi connectivity index (χ1n) is 5.29. The molecule has 0 unspecified atom stereocenters. The predicted molar refractivity (Wildman–Crippen MR) is 68.8 cm³/mol. The molecule has 0 amide bonds. The van der Waals surface area contributed by atoms with Gasteiger partial charge in [0.25, 0.3) is 0 Å². The molecule has 2 rings (SSSR count). The second-order valence-electron chi connectivity index (χ2n) is 3.89. The minimum absolute atomic E-state index is 0.127. The number of alkyl halides is 3. The zero-order valence-corrected chi connectivity index (χ0v) is 11.3. The summed E-state index contributed by atoms with van der Waals surface area (Å²) in [6.07, 6.45) is -3.57. The van der Waals surface area contributed by atoms with Crippen molar-refractivity contribution in [2.24, 2.45) is 0 Å². The number of rotatable bonds is 1. The molecule has 1 heterocycles. The largest absolute Gasteiger partial charge is 0.506 e. The number of aromatic hydroxyl groups is 1. The Labute approximate surface area is 120 Å². The lowest BCUT2D eigenvalue weighted by molar-refractivity contribution is -0.141. The van der Waals surface area contributed by atoms with Gasteiger partial charge in [-0.2, -0.15) is 18.4 Å². The van der Waals surface area contributed by atoms with E-state index < -0.39 is 11.9 Å². The molecule has 3 nitrogen and oxygen atoms in total. The molecule has 7 heteroatoms. The first-order valence-corrected chi connectivity index (χ1v) is 6.08. The van der Waals surface area contributed by atoms with Crippen molar-refractivity contribution in [1.29, 1.82) is 5.26 Å². The van der Waals surface area contributed by atoms with Crippen LogP contribution in [0, 0.1) is 11.3 Å². The standard InChI is InChI=1S/C13H6BrF3N2O/c14-10-4-7(6-18)3-9(12(10)20)8-1-2-19-11(5-8)13(15,16)17/h1-5,20H. The summed E-state index contributed by atoms with van der Waals surface area (Å²) in [4.78, 5) is 3.25. The van der Waals surface area contributed by atoms with Crippen molar-refractivity contribution >= 4 is 15.9 Å². The van der Waals surface area contributed by atoms with Gasteiger partial charge in [-0.25, -0.2) is 0 Å². The van der Waals surface area contributed by atoms with E-state index in [1.807, 2.05) is 6.07 Å². The van der Waals surface area contributed by atoms with E-state index in [0.717, 1.165) is 12.3 Å². The van der Waals surface area contributed by atoms with E-state index in [0.29, 0.717) is 0 Å². The van der Waals surface area contributed by atoms with Crippen LogP contribution in [-0.2, 0) is 6.18 Å². The van der Waals surface area contributed by atoms with Crippen molar-refractivity contribution in [2.45, 2.75) is 6.18 Å². The van der Waals surface area contributed by atoms with E-state index in [-0.39, 0.29) is 26.9 Å². The van der Waals surface area contributed by atoms with Gasteiger partial charge in [0.15, 0.2) is 0 Å². The Hall–Kier alpha value is -2.07. The van der Waals surface area contributed by atoms with E-state index in [1.165, 1.54) is 18.2 Å². The maximum atomic E-state index is 12.6. The number of hydrogen-bond acceptors (Lipinski definition) is 3. The number of nitriles is 1. The van der Waals surface area contributed by atoms with Crippen molar-refractivity contribution in [3.8, 4) is 22.9 Å². The van der Waals surface area contributed by atoms with Gasteiger partial charge in [0.05, 0.1) is 16.1 Å². The third kappa shape index (κ3) is 2.75. The maximum Gasteiger partial charge on any atom is 0.433 e. The molecule has 0 fully saturated rings. The lowest BCUT2D eigenvalue weighted by Crippen LogP contribution is -2.07. The molecule has 0 aliphatic carbocycles. The first-order chi connectivity index (χ1) is 9.32. The van der Waals surface area contributed by atoms with Crippen molar-refractivity contribution in [3.63, 3.8) is 0 Å². The molecule has 0 aliphatic heterocycles. The van der Waals surface area contributed by atoms with Gasteiger partial charge >= 0.3 is 6.18 Å². The van der Waals surface area contributed by atoms with Gasteiger partial charge in [0.1, 0.15) is 11.4 Å². The minimum Gasteiger partial charge on any atom is -0.506 e. The summed E-state index contributed by atoms with van der Waals surface area (Å²) in [5.74, 6) is -0.233. The van der Waals surface area contributed by atoms with Crippen LogP contribution < -0.4 is 0 Å². The zero-order valence-electron chi connectivity index (χ0n) is 9.74. The lowest BCUT2D eigenvalue weighted by Gasteiger charge is -2.10. The van der Waals surface area contributed by atoms with Gasteiger partial charge in [0.2, 0.25) is 0 Å². The van der Waals surface area contributed by atoms with Crippen LogP contribution in [0.2, 0.25) is 0 Å². The molecule has 1 aromatic heterocycles. The highest BCUT2D eigenvalue weighted by Crippen LogP contribution is 2.38. The molecule has 1 N–H and O–H groups in total. The monoisotopic (exact) mass is 342 g/mol. The Morgan fingerprint density at radius 1 is 1.25 bits per heavy atom. The minimum atomic E-state index is -4.57. The Morgan fingerprint density at radius 2 is 1.95 bits per heavy atom. The predicted octanol–water partition coefficient (Wildman–Crippen LogP) is 4.11. The van der Waals surface area contributed by atoms with Gasteiger partial charge in [-0.15, -0.1) is 0 Å². The van der Waals surface area contributed by atoms with E-state index in [9.17, 15) is 18.3 Å². The number of phenolic OH excluding ortho intramolecular Hbond substituents is 1. The van der Waals surface area contributed by atoms with Crippen molar-refractivity contribution < 1.29 is 18.3 Å². The SMILES string of the molecule is N#Cc1cc(Br)c(O)c(-c2ccnc(C(F)(F)F)c2)c1. The highest BCUT2D eigenvalue weighted by Gasteiger charge is 2.32. The number of aromatic nitrogens is 1. The number of pyridine rings is 1. The lowest BCUT2D eigenvalue weighted by atomic mass is 10.0. The summed E-state index contributed by atoms with van der Waals surface area (Å²) in [6, 6.07) is 6.72. The zero-order chi connectivity index (χ0) is 14.9. The molecule has 0 spiro atoms. The van der Waals surface area contributed by atoms with Crippen LogP contribution in [0.5, 0.6) is 5.75 Å². The van der Waals surface area contributed by atoms with E-state index in [2.05, 4.69) is 20.9 Å². The highest BCUT2D eigenvalue weighted by atomic mass is 79.9. The fraction of sp³-hybridized carbons (Fsp3) is 0.0769. The van der Waals surface area contributed by atoms with Crippen LogP contribution in [0.4, 0.5) is 13.2 Å². The van der Waals surface area contributed by atoms with Gasteiger partial charge in [-0.1, -0.05) is 0 Å². The van der Waals surface area contributed by atoms with Crippen LogP contribution in [0.25, 0.3) is 11.1 Å². The molecule has 0 radical (unpaired) electrons. The molecule has 102 valence electrons. The average molecular weight is 343 g/mol. The molecule has 20 heavy (non-hydrogen) atoms. The average Bonchev–Trinajstić information content (AvgIpc) is 2.41. The number of halogens is 4. The number of benzene rings is 1. The Kier molecular flexibility index (Phi) is 3.68. The summed E-state index contributed by atoms with van der Waals surface area (Å²) in [5, 5.41) is 18.8. The molecule has 0 saturated heterocycles. The van der Waals surface area contributed by atoms with Crippen LogP contribution in [0.3, 0.4) is 0 Å². The molecule has 0 aliphatic rings. The summed E-state index contributed by atoms with van der Waals surface area (Å²) in [7, 11) is 0. The number of nitrogens with zero attached hydrogens (tertiary/aromatic N) is 2. The number of phenols is 1. The molecule has 2 aromatic rings. The quantitative estimate of drug-likeness (QED) is 0.848. The summed E-state index contributed by atoms with van der Waals surface area (Å²) >= 11 is 3.05. The van der Waals surface area contributed by atoms with Crippen LogP contribution >= 0.6 is 15.9 Å². The van der Waals surface area contributed by atoms with Crippen molar-refractivity contribution in [2.75, 3.05) is 0 Å². The van der Waals surface area contributed by atoms with Gasteiger partial charge in [-0.3, -0.25) is 4.98 Å². The summed E-state index contributed by atoms with van der Waals surface area (Å²) in [6.45, 7) is 0. The highest BCUT2D eigenvalue weighted by molar-refractivity contribution is 9.10. The van der Waals surface area contributed by atoms with Crippen molar-refractivity contribution in [1.82, 2.24) is 4.98 Å². The normalized spacial score (nSPS) is 11.2. The van der Waals surface area contributed by atoms with Crippen LogP contribution in [0.1, 0.15) is 11.3 Å². The van der Waals surface area contributed by atoms with E-state index in [4.69, 9.17) is 5.26 Å². The van der Waals surface area contributed by atoms with Gasteiger partial charge in [0, 0.05) is 11.8 Å². The Morgan fingerprint density at radius 3 is 2.55 bits per heavy atom. The fourth-order valence-electron chi connectivity index (χ4n) is 1.64. The number of hydrogen-bond donors (Lipinski definition) is 1. The second kappa shape index (κ2) is 5.13. The van der Waals surface area contributed by atoms with Crippen LogP contribution in [0.15, 0.2) is 34.9 Å². The van der Waals surface area contributed by atoms with Gasteiger partial charge < -0.3 is 5.11 Å². The van der Waals surface area contributed by atoms with Crippen LogP contribution in [-0.4, -0.2) is 10.1 Å². The smallest absolute Gasteiger partial charge is 0.433 e. The Balaban J connectivity index is 2.63. The maximum absolute atomic E-state index is 12.6. The summed E-state index contributed by atoms with van der Waals surface area (Å²) < 4.78 is 38.1. The molecular formula is C13H6BrF3N2O.